The Balaban J connectivity index is 1.29. The zero-order valence-corrected chi connectivity index (χ0v) is 39.9. The van der Waals surface area contributed by atoms with Crippen LogP contribution in [0.4, 0.5) is 58.4 Å². The Morgan fingerprint density at radius 3 is 1.45 bits per heavy atom. The molecule has 0 bridgehead atoms. The number of aliphatic carboxylic acids is 3. The van der Waals surface area contributed by atoms with Crippen LogP contribution >= 0.6 is 12.0 Å². The lowest BCUT2D eigenvalue weighted by atomic mass is 10.1. The maximum atomic E-state index is 12.8. The van der Waals surface area contributed by atoms with Crippen molar-refractivity contribution in [3.8, 4) is 0 Å². The van der Waals surface area contributed by atoms with E-state index in [0.29, 0.717) is 40.1 Å². The minimum Gasteiger partial charge on any atom is -0.481 e. The molecule has 0 saturated heterocycles. The van der Waals surface area contributed by atoms with E-state index in [-0.39, 0.29) is 76.2 Å². The third-order valence-electron chi connectivity index (χ3n) is 9.86. The van der Waals surface area contributed by atoms with Gasteiger partial charge in [-0.1, -0.05) is 29.3 Å². The number of rotatable bonds is 27. The van der Waals surface area contributed by atoms with Gasteiger partial charge >= 0.3 is 17.9 Å². The van der Waals surface area contributed by atoms with Crippen LogP contribution in [0.1, 0.15) is 58.5 Å². The molecule has 0 fully saturated rings. The molecule has 0 aliphatic rings. The van der Waals surface area contributed by atoms with Crippen LogP contribution in [0, 0.1) is 0 Å². The van der Waals surface area contributed by atoms with Crippen molar-refractivity contribution in [2.24, 2.45) is 0 Å². The topological polar surface area (TPSA) is 418 Å². The number of carbonyl (C=O) groups excluding carboxylic acids is 2. The highest BCUT2D eigenvalue weighted by Crippen LogP contribution is 2.32. The zero-order valence-electron chi connectivity index (χ0n) is 38.3. The van der Waals surface area contributed by atoms with E-state index in [0.717, 1.165) is 6.07 Å². The van der Waals surface area contributed by atoms with Gasteiger partial charge in [0.25, 0.3) is 10.1 Å². The number of ketones is 2. The molecule has 0 aliphatic heterocycles. The Labute approximate surface area is 422 Å². The molecule has 0 aliphatic carbocycles. The summed E-state index contributed by atoms with van der Waals surface area (Å²) in [5.74, 6) is -5.95. The number of carbonyl (C=O) groups is 5. The van der Waals surface area contributed by atoms with Crippen molar-refractivity contribution in [1.82, 2.24) is 29.9 Å². The number of Topliss-reactive ketones (excluding diaryl/α,β-unsaturated/α-hetero) is 2. The maximum absolute atomic E-state index is 12.8. The Bertz CT molecular complexity index is 3190. The highest BCUT2D eigenvalue weighted by atomic mass is 32.2. The Hall–Kier alpha value is -8.75. The lowest BCUT2D eigenvalue weighted by molar-refractivity contribution is -0.432. The lowest BCUT2D eigenvalue weighted by Gasteiger charge is -2.16. The molecule has 6 aromatic rings. The number of hydrogen-bond donors (Lipinski definition) is 12. The summed E-state index contributed by atoms with van der Waals surface area (Å²) in [6.07, 6.45) is 1.69. The quantitative estimate of drug-likeness (QED) is 0.00666. The van der Waals surface area contributed by atoms with Crippen molar-refractivity contribution in [2.45, 2.75) is 48.6 Å². The molecule has 386 valence electrons. The second kappa shape index (κ2) is 25.1. The largest absolute Gasteiger partial charge is 0.481 e. The molecule has 2 atom stereocenters. The number of anilines is 10. The molecular weight excluding hydrogens is 1020 g/mol. The molecule has 6 rings (SSSR count). The third-order valence-corrected chi connectivity index (χ3v) is 11.4. The molecule has 2 aromatic heterocycles. The number of carboxylic acids is 3. The third kappa shape index (κ3) is 15.9. The van der Waals surface area contributed by atoms with Gasteiger partial charge in [-0.25, -0.2) is 19.7 Å². The standard InChI is InChI=1S/C44H42N12O16S2/c1-22(57)24-5-11-28(12-6-24)45-39-51-41(55-43(53-39)49-32(37(61)62)17-18-70-65)47-30-15-9-26(34(19-30)73-72-71-66)3-4-27-10-16-31(20-35(27)74(67,68)69)48-42-52-40(46-29-13-7-25(8-14-29)23(2)58)54-44(56-42)50-33(38(63)64)21-36(59)60/h3-16,19-20,32-33,65-66H,17-18,21H2,1-2H3,(H,59,60)(H,61,62)(H,63,64)(H,67,68,69)(H3,45,47,49,51,53,55)(H3,46,48,50,52,54,56)/b4-3+. The van der Waals surface area contributed by atoms with Crippen LogP contribution in [0.3, 0.4) is 0 Å². The van der Waals surface area contributed by atoms with Crippen molar-refractivity contribution in [1.29, 1.82) is 0 Å². The van der Waals surface area contributed by atoms with Gasteiger partial charge in [-0.15, -0.1) is 4.33 Å². The van der Waals surface area contributed by atoms with Gasteiger partial charge in [0.15, 0.2) is 11.6 Å². The van der Waals surface area contributed by atoms with Crippen molar-refractivity contribution in [3.05, 3.63) is 107 Å². The Morgan fingerprint density at radius 2 is 1.01 bits per heavy atom. The average molecular weight is 1060 g/mol. The van der Waals surface area contributed by atoms with Gasteiger partial charge in [-0.2, -0.15) is 38.3 Å². The number of hydrogen-bond acceptors (Lipinski definition) is 25. The average Bonchev–Trinajstić information content (AvgIpc) is 3.34. The van der Waals surface area contributed by atoms with Crippen LogP contribution in [0.2, 0.25) is 0 Å². The zero-order chi connectivity index (χ0) is 53.5. The molecular formula is C44H42N12O16S2. The lowest BCUT2D eigenvalue weighted by Crippen LogP contribution is -2.32. The van der Waals surface area contributed by atoms with Gasteiger partial charge in [0.1, 0.15) is 17.0 Å². The van der Waals surface area contributed by atoms with Gasteiger partial charge < -0.3 is 47.2 Å². The highest BCUT2D eigenvalue weighted by molar-refractivity contribution is 7.94. The number of carboxylic acid groups (broad SMARTS) is 3. The molecule has 0 amide bonds. The van der Waals surface area contributed by atoms with Crippen molar-refractivity contribution < 1.29 is 77.0 Å². The molecule has 12 N–H and O–H groups in total. The first-order valence-electron chi connectivity index (χ1n) is 21.1. The molecule has 74 heavy (non-hydrogen) atoms. The van der Waals surface area contributed by atoms with E-state index in [2.05, 4.69) is 71.7 Å². The van der Waals surface area contributed by atoms with E-state index in [1.165, 1.54) is 80.6 Å². The highest BCUT2D eigenvalue weighted by Gasteiger charge is 2.24. The van der Waals surface area contributed by atoms with Gasteiger partial charge in [-0.3, -0.25) is 24.2 Å². The normalized spacial score (nSPS) is 12.1. The van der Waals surface area contributed by atoms with Crippen LogP contribution in [0.5, 0.6) is 0 Å². The smallest absolute Gasteiger partial charge is 0.326 e. The van der Waals surface area contributed by atoms with Crippen LogP contribution in [0.25, 0.3) is 12.2 Å². The first-order valence-corrected chi connectivity index (χ1v) is 23.3. The molecule has 0 saturated carbocycles. The Morgan fingerprint density at radius 1 is 0.595 bits per heavy atom. The number of nitrogens with one attached hydrogen (secondary N) is 6. The molecule has 30 heteroatoms. The van der Waals surface area contributed by atoms with E-state index in [1.54, 1.807) is 24.3 Å². The van der Waals surface area contributed by atoms with Gasteiger partial charge in [-0.05, 0) is 97.8 Å². The predicted octanol–water partition coefficient (Wildman–Crippen LogP) is 6.37. The van der Waals surface area contributed by atoms with E-state index >= 15 is 0 Å². The molecule has 0 spiro atoms. The van der Waals surface area contributed by atoms with E-state index in [4.69, 9.17) is 14.8 Å². The summed E-state index contributed by atoms with van der Waals surface area (Å²) in [4.78, 5) is 88.0. The molecule has 4 aromatic carbocycles. The van der Waals surface area contributed by atoms with E-state index < -0.39 is 57.4 Å². The van der Waals surface area contributed by atoms with Gasteiger partial charge in [0, 0.05) is 45.2 Å². The monoisotopic (exact) mass is 1060 g/mol. The maximum Gasteiger partial charge on any atom is 0.326 e. The molecule has 2 unspecified atom stereocenters. The fraction of sp³-hybridized carbons (Fsp3) is 0.159. The minimum absolute atomic E-state index is 0.0113. The SMILES string of the molecule is CC(=O)c1ccc(Nc2nc(Nc3ccc(/C=C/c4ccc(Nc5nc(Nc6ccc(C(C)=O)cc6)nc(NC(CC(=O)O)C(=O)O)n5)cc4S(=O)(=O)O)c(SOOO)c3)nc(NC(CCOO)C(=O)O)n2)cc1. The van der Waals surface area contributed by atoms with Gasteiger partial charge in [0.05, 0.1) is 25.1 Å². The van der Waals surface area contributed by atoms with Crippen molar-refractivity contribution in [3.63, 3.8) is 0 Å². The summed E-state index contributed by atoms with van der Waals surface area (Å²) in [6.45, 7) is 2.45. The number of benzene rings is 4. The van der Waals surface area contributed by atoms with Gasteiger partial charge in [0.2, 0.25) is 35.7 Å². The fourth-order valence-corrected chi connectivity index (χ4v) is 7.56. The summed E-state index contributed by atoms with van der Waals surface area (Å²) >= 11 is 0.518. The first-order chi connectivity index (χ1) is 35.3. The summed E-state index contributed by atoms with van der Waals surface area (Å²) in [6, 6.07) is 17.7. The van der Waals surface area contributed by atoms with Crippen LogP contribution in [-0.4, -0.2) is 117 Å². The van der Waals surface area contributed by atoms with Crippen LogP contribution in [0.15, 0.2) is 94.7 Å². The van der Waals surface area contributed by atoms with Crippen LogP contribution < -0.4 is 31.9 Å². The Kier molecular flexibility index (Phi) is 18.5. The fourth-order valence-electron chi connectivity index (χ4n) is 6.34. The second-order valence-electron chi connectivity index (χ2n) is 15.2. The van der Waals surface area contributed by atoms with E-state index in [9.17, 15) is 52.3 Å². The van der Waals surface area contributed by atoms with Crippen LogP contribution in [-0.2, 0) is 38.8 Å². The molecule has 2 heterocycles. The number of aromatic nitrogens is 6. The van der Waals surface area contributed by atoms with Crippen molar-refractivity contribution in [2.75, 3.05) is 38.5 Å². The van der Waals surface area contributed by atoms with Crippen molar-refractivity contribution >= 4 is 122 Å². The minimum atomic E-state index is -4.97. The summed E-state index contributed by atoms with van der Waals surface area (Å²) in [7, 11) is -4.97. The molecule has 28 nitrogen and oxygen atoms in total. The number of nitrogens with zero attached hydrogens (tertiary/aromatic N) is 6. The van der Waals surface area contributed by atoms with E-state index in [1.807, 2.05) is 0 Å². The first kappa shape index (κ1) is 54.6. The predicted molar refractivity (Wildman–Crippen MR) is 264 cm³/mol. The summed E-state index contributed by atoms with van der Waals surface area (Å²) < 4.78 is 40.7. The second-order valence-corrected chi connectivity index (χ2v) is 17.3. The molecule has 0 radical (unpaired) electrons. The summed E-state index contributed by atoms with van der Waals surface area (Å²) in [5, 5.41) is 67.0. The summed E-state index contributed by atoms with van der Waals surface area (Å²) in [5.41, 5.74) is 2.23.